The van der Waals surface area contributed by atoms with E-state index in [0.29, 0.717) is 12.3 Å². The third kappa shape index (κ3) is 3.05. The molecule has 0 N–H and O–H groups in total. The van der Waals surface area contributed by atoms with Crippen LogP contribution in [0, 0.1) is 0 Å². The van der Waals surface area contributed by atoms with Crippen molar-refractivity contribution in [2.75, 3.05) is 6.61 Å². The average Bonchev–Trinajstić information content (AvgIpc) is 3.24. The minimum atomic E-state index is 0.596. The van der Waals surface area contributed by atoms with Crippen molar-refractivity contribution in [3.05, 3.63) is 53.2 Å². The molecular formula is C18H18N2O2S. The zero-order valence-electron chi connectivity index (χ0n) is 13.2. The van der Waals surface area contributed by atoms with Crippen LogP contribution in [0.1, 0.15) is 29.9 Å². The first kappa shape index (κ1) is 15.5. The lowest BCUT2D eigenvalue weighted by atomic mass is 10.1. The second kappa shape index (κ2) is 6.79. The molecule has 0 unspecified atom stereocenters. The third-order valence-electron chi connectivity index (χ3n) is 3.63. The van der Waals surface area contributed by atoms with Crippen LogP contribution in [0.4, 0.5) is 0 Å². The Hall–Kier alpha value is -2.40. The number of aromatic nitrogens is 2. The SMILES string of the molecule is CCOc1ccc(CC)cc1-c1csc(-n2cccc2C=O)n1. The highest BCUT2D eigenvalue weighted by Gasteiger charge is 2.13. The van der Waals surface area contributed by atoms with E-state index in [1.165, 1.54) is 16.9 Å². The molecular weight excluding hydrogens is 308 g/mol. The van der Waals surface area contributed by atoms with Gasteiger partial charge in [-0.2, -0.15) is 0 Å². The first-order valence-corrected chi connectivity index (χ1v) is 8.49. The molecule has 0 radical (unpaired) electrons. The van der Waals surface area contributed by atoms with E-state index in [1.54, 1.807) is 10.6 Å². The highest BCUT2D eigenvalue weighted by molar-refractivity contribution is 7.12. The van der Waals surface area contributed by atoms with Gasteiger partial charge >= 0.3 is 0 Å². The summed E-state index contributed by atoms with van der Waals surface area (Å²) in [5, 5.41) is 2.78. The van der Waals surface area contributed by atoms with Crippen LogP contribution in [-0.4, -0.2) is 22.4 Å². The lowest BCUT2D eigenvalue weighted by Crippen LogP contribution is -1.98. The predicted octanol–water partition coefficient (Wildman–Crippen LogP) is 4.37. The molecule has 3 aromatic rings. The molecule has 0 saturated carbocycles. The number of carbonyl (C=O) groups is 1. The Kier molecular flexibility index (Phi) is 4.57. The van der Waals surface area contributed by atoms with Crippen molar-refractivity contribution in [2.24, 2.45) is 0 Å². The molecule has 0 fully saturated rings. The smallest absolute Gasteiger partial charge is 0.194 e. The topological polar surface area (TPSA) is 44.1 Å². The van der Waals surface area contributed by atoms with Crippen molar-refractivity contribution in [2.45, 2.75) is 20.3 Å². The van der Waals surface area contributed by atoms with Crippen LogP contribution in [-0.2, 0) is 6.42 Å². The summed E-state index contributed by atoms with van der Waals surface area (Å²) in [6.07, 6.45) is 3.64. The van der Waals surface area contributed by atoms with Gasteiger partial charge in [-0.25, -0.2) is 4.98 Å². The largest absolute Gasteiger partial charge is 0.493 e. The van der Waals surface area contributed by atoms with Crippen molar-refractivity contribution >= 4 is 17.6 Å². The Morgan fingerprint density at radius 3 is 2.91 bits per heavy atom. The normalized spacial score (nSPS) is 10.7. The molecule has 0 aliphatic carbocycles. The zero-order valence-corrected chi connectivity index (χ0v) is 14.0. The van der Waals surface area contributed by atoms with E-state index in [0.717, 1.165) is 34.8 Å². The van der Waals surface area contributed by atoms with Gasteiger partial charge in [0.05, 0.1) is 18.0 Å². The number of aryl methyl sites for hydroxylation is 1. The molecule has 4 nitrogen and oxygen atoms in total. The Labute approximate surface area is 139 Å². The van der Waals surface area contributed by atoms with Gasteiger partial charge in [0.2, 0.25) is 0 Å². The van der Waals surface area contributed by atoms with Gasteiger partial charge in [0, 0.05) is 17.1 Å². The third-order valence-corrected chi connectivity index (χ3v) is 4.47. The van der Waals surface area contributed by atoms with Crippen LogP contribution < -0.4 is 4.74 Å². The van der Waals surface area contributed by atoms with Gasteiger partial charge in [0.15, 0.2) is 11.4 Å². The maximum Gasteiger partial charge on any atom is 0.194 e. The quantitative estimate of drug-likeness (QED) is 0.632. The fourth-order valence-electron chi connectivity index (χ4n) is 2.44. The first-order valence-electron chi connectivity index (χ1n) is 7.61. The van der Waals surface area contributed by atoms with Gasteiger partial charge in [0.1, 0.15) is 5.75 Å². The van der Waals surface area contributed by atoms with Gasteiger partial charge in [-0.15, -0.1) is 11.3 Å². The summed E-state index contributed by atoms with van der Waals surface area (Å²) in [5.74, 6) is 0.838. The summed E-state index contributed by atoms with van der Waals surface area (Å²) >= 11 is 1.51. The van der Waals surface area contributed by atoms with E-state index in [9.17, 15) is 4.79 Å². The molecule has 23 heavy (non-hydrogen) atoms. The molecule has 0 saturated heterocycles. The van der Waals surface area contributed by atoms with E-state index < -0.39 is 0 Å². The Bertz CT molecular complexity index is 820. The average molecular weight is 326 g/mol. The number of benzene rings is 1. The molecule has 5 heteroatoms. The van der Waals surface area contributed by atoms with Crippen LogP contribution in [0.15, 0.2) is 41.9 Å². The van der Waals surface area contributed by atoms with Crippen LogP contribution in [0.2, 0.25) is 0 Å². The standard InChI is InChI=1S/C18H18N2O2S/c1-3-13-7-8-17(22-4-2)15(10-13)16-12-23-18(19-16)20-9-5-6-14(20)11-21/h5-12H,3-4H2,1-2H3. The van der Waals surface area contributed by atoms with Crippen LogP contribution in [0.5, 0.6) is 5.75 Å². The summed E-state index contributed by atoms with van der Waals surface area (Å²) in [6.45, 7) is 4.71. The second-order valence-corrected chi connectivity index (χ2v) is 5.89. The van der Waals surface area contributed by atoms with E-state index in [-0.39, 0.29) is 0 Å². The van der Waals surface area contributed by atoms with Gasteiger partial charge in [-0.3, -0.25) is 9.36 Å². The van der Waals surface area contributed by atoms with Crippen molar-refractivity contribution in [3.63, 3.8) is 0 Å². The van der Waals surface area contributed by atoms with Gasteiger partial charge in [-0.1, -0.05) is 13.0 Å². The Balaban J connectivity index is 2.04. The molecule has 0 bridgehead atoms. The van der Waals surface area contributed by atoms with Crippen LogP contribution in [0.3, 0.4) is 0 Å². The number of rotatable bonds is 6. The van der Waals surface area contributed by atoms with Crippen molar-refractivity contribution < 1.29 is 9.53 Å². The number of thiazole rings is 1. The molecule has 2 heterocycles. The number of carbonyl (C=O) groups excluding carboxylic acids is 1. The van der Waals surface area contributed by atoms with E-state index in [1.807, 2.05) is 30.6 Å². The summed E-state index contributed by atoms with van der Waals surface area (Å²) < 4.78 is 7.53. The molecule has 0 spiro atoms. The van der Waals surface area contributed by atoms with E-state index >= 15 is 0 Å². The lowest BCUT2D eigenvalue weighted by Gasteiger charge is -2.10. The minimum absolute atomic E-state index is 0.596. The maximum atomic E-state index is 11.1. The summed E-state index contributed by atoms with van der Waals surface area (Å²) in [6, 6.07) is 9.83. The fourth-order valence-corrected chi connectivity index (χ4v) is 3.27. The van der Waals surface area contributed by atoms with Crippen molar-refractivity contribution in [3.8, 4) is 22.1 Å². The predicted molar refractivity (Wildman–Crippen MR) is 92.8 cm³/mol. The molecule has 0 aliphatic rings. The molecule has 0 atom stereocenters. The molecule has 0 amide bonds. The maximum absolute atomic E-state index is 11.1. The van der Waals surface area contributed by atoms with E-state index in [2.05, 4.69) is 19.1 Å². The molecule has 3 rings (SSSR count). The Morgan fingerprint density at radius 1 is 1.30 bits per heavy atom. The zero-order chi connectivity index (χ0) is 16.2. The van der Waals surface area contributed by atoms with Crippen molar-refractivity contribution in [1.82, 2.24) is 9.55 Å². The van der Waals surface area contributed by atoms with Crippen LogP contribution >= 0.6 is 11.3 Å². The second-order valence-electron chi connectivity index (χ2n) is 5.05. The monoisotopic (exact) mass is 326 g/mol. The highest BCUT2D eigenvalue weighted by atomic mass is 32.1. The summed E-state index contributed by atoms with van der Waals surface area (Å²) in [5.41, 5.74) is 3.70. The van der Waals surface area contributed by atoms with E-state index in [4.69, 9.17) is 9.72 Å². The molecule has 0 aliphatic heterocycles. The number of hydrogen-bond acceptors (Lipinski definition) is 4. The number of hydrogen-bond donors (Lipinski definition) is 0. The van der Waals surface area contributed by atoms with Crippen molar-refractivity contribution in [1.29, 1.82) is 0 Å². The first-order chi connectivity index (χ1) is 11.3. The van der Waals surface area contributed by atoms with Crippen LogP contribution in [0.25, 0.3) is 16.4 Å². The lowest BCUT2D eigenvalue weighted by molar-refractivity contribution is 0.111. The highest BCUT2D eigenvalue weighted by Crippen LogP contribution is 2.33. The summed E-state index contributed by atoms with van der Waals surface area (Å²) in [4.78, 5) is 15.8. The molecule has 1 aromatic carbocycles. The minimum Gasteiger partial charge on any atom is -0.493 e. The molecule has 118 valence electrons. The van der Waals surface area contributed by atoms with Gasteiger partial charge in [-0.05, 0) is 43.2 Å². The number of ether oxygens (including phenoxy) is 1. The fraction of sp³-hybridized carbons (Fsp3) is 0.222. The van der Waals surface area contributed by atoms with Gasteiger partial charge < -0.3 is 4.74 Å². The molecule has 2 aromatic heterocycles. The number of aldehydes is 1. The summed E-state index contributed by atoms with van der Waals surface area (Å²) in [7, 11) is 0. The number of nitrogens with zero attached hydrogens (tertiary/aromatic N) is 2. The van der Waals surface area contributed by atoms with Gasteiger partial charge in [0.25, 0.3) is 0 Å². The Morgan fingerprint density at radius 2 is 2.17 bits per heavy atom.